The molecule has 0 spiro atoms. The molecule has 2 amide bonds. The zero-order valence-electron chi connectivity index (χ0n) is 14.6. The molecule has 0 fully saturated rings. The lowest BCUT2D eigenvalue weighted by atomic mass is 10.1. The largest absolute Gasteiger partial charge is 0.334 e. The highest BCUT2D eigenvalue weighted by Crippen LogP contribution is 2.12. The maximum absolute atomic E-state index is 12.3. The van der Waals surface area contributed by atoms with Gasteiger partial charge in [0.1, 0.15) is 0 Å². The van der Waals surface area contributed by atoms with Crippen molar-refractivity contribution in [3.63, 3.8) is 0 Å². The summed E-state index contributed by atoms with van der Waals surface area (Å²) in [7, 11) is 1.77. The number of carbonyl (C=O) groups excluding carboxylic acids is 1. The summed E-state index contributed by atoms with van der Waals surface area (Å²) in [4.78, 5) is 13.9. The molecule has 0 aliphatic carbocycles. The third-order valence-corrected chi connectivity index (χ3v) is 4.26. The van der Waals surface area contributed by atoms with Gasteiger partial charge in [0.15, 0.2) is 0 Å². The number of urea groups is 1. The van der Waals surface area contributed by atoms with E-state index in [4.69, 9.17) is 11.6 Å². The van der Waals surface area contributed by atoms with E-state index in [0.717, 1.165) is 17.7 Å². The van der Waals surface area contributed by atoms with Gasteiger partial charge in [0.2, 0.25) is 0 Å². The zero-order valence-corrected chi connectivity index (χ0v) is 15.4. The van der Waals surface area contributed by atoms with Gasteiger partial charge < -0.3 is 10.2 Å². The predicted octanol–water partition coefficient (Wildman–Crippen LogP) is 3.93. The Balaban J connectivity index is 1.49. The van der Waals surface area contributed by atoms with Crippen molar-refractivity contribution in [2.45, 2.75) is 19.6 Å². The fourth-order valence-electron chi connectivity index (χ4n) is 2.64. The molecule has 5 nitrogen and oxygen atoms in total. The molecule has 0 atom stereocenters. The van der Waals surface area contributed by atoms with Crippen LogP contribution in [-0.2, 0) is 19.6 Å². The molecule has 134 valence electrons. The van der Waals surface area contributed by atoms with Crippen LogP contribution in [0.3, 0.4) is 0 Å². The Morgan fingerprint density at radius 3 is 2.58 bits per heavy atom. The second-order valence-corrected chi connectivity index (χ2v) is 6.60. The third-order valence-electron chi connectivity index (χ3n) is 4.03. The highest BCUT2D eigenvalue weighted by Gasteiger charge is 2.09. The first-order chi connectivity index (χ1) is 12.6. The number of carbonyl (C=O) groups is 1. The smallest absolute Gasteiger partial charge is 0.317 e. The summed E-state index contributed by atoms with van der Waals surface area (Å²) in [6.45, 7) is 1.73. The minimum atomic E-state index is -0.120. The predicted molar refractivity (Wildman–Crippen MR) is 103 cm³/mol. The maximum atomic E-state index is 12.3. The van der Waals surface area contributed by atoms with Gasteiger partial charge in [-0.15, -0.1) is 0 Å². The van der Waals surface area contributed by atoms with E-state index >= 15 is 0 Å². The van der Waals surface area contributed by atoms with Gasteiger partial charge in [0, 0.05) is 37.6 Å². The molecule has 1 heterocycles. The molecule has 0 bridgehead atoms. The highest BCUT2D eigenvalue weighted by molar-refractivity contribution is 6.30. The van der Waals surface area contributed by atoms with Gasteiger partial charge in [-0.25, -0.2) is 4.79 Å². The number of rotatable bonds is 6. The molecule has 1 N–H and O–H groups in total. The van der Waals surface area contributed by atoms with Gasteiger partial charge in [-0.2, -0.15) is 5.10 Å². The van der Waals surface area contributed by atoms with Crippen molar-refractivity contribution in [2.24, 2.45) is 0 Å². The number of benzene rings is 2. The third kappa shape index (κ3) is 5.10. The molecule has 3 rings (SSSR count). The van der Waals surface area contributed by atoms with Gasteiger partial charge in [-0.05, 0) is 34.9 Å². The SMILES string of the molecule is CN(Cc1cccc(Cl)c1)C(=O)NCc1ccc(Cn2cccn2)cc1. The summed E-state index contributed by atoms with van der Waals surface area (Å²) in [5, 5.41) is 7.81. The van der Waals surface area contributed by atoms with Gasteiger partial charge in [0.25, 0.3) is 0 Å². The van der Waals surface area contributed by atoms with Crippen molar-refractivity contribution in [1.82, 2.24) is 20.0 Å². The molecular formula is C20H21ClN4O. The number of hydrogen-bond donors (Lipinski definition) is 1. The van der Waals surface area contributed by atoms with Crippen molar-refractivity contribution in [1.29, 1.82) is 0 Å². The first kappa shape index (κ1) is 18.0. The lowest BCUT2D eigenvalue weighted by Gasteiger charge is -2.18. The second-order valence-electron chi connectivity index (χ2n) is 6.16. The average Bonchev–Trinajstić information content (AvgIpc) is 3.14. The number of nitrogens with zero attached hydrogens (tertiary/aromatic N) is 3. The van der Waals surface area contributed by atoms with Crippen LogP contribution in [0.5, 0.6) is 0 Å². The van der Waals surface area contributed by atoms with E-state index in [-0.39, 0.29) is 6.03 Å². The molecular weight excluding hydrogens is 348 g/mol. The fraction of sp³-hybridized carbons (Fsp3) is 0.200. The average molecular weight is 369 g/mol. The molecule has 26 heavy (non-hydrogen) atoms. The van der Waals surface area contributed by atoms with Crippen molar-refractivity contribution in [3.05, 3.63) is 88.7 Å². The number of nitrogens with one attached hydrogen (secondary N) is 1. The van der Waals surface area contributed by atoms with Crippen molar-refractivity contribution in [2.75, 3.05) is 7.05 Å². The van der Waals surface area contributed by atoms with Crippen molar-refractivity contribution < 1.29 is 4.79 Å². The van der Waals surface area contributed by atoms with Crippen molar-refractivity contribution >= 4 is 17.6 Å². The lowest BCUT2D eigenvalue weighted by molar-refractivity contribution is 0.206. The Bertz CT molecular complexity index is 847. The first-order valence-electron chi connectivity index (χ1n) is 8.39. The Kier molecular flexibility index (Phi) is 5.92. The molecule has 0 unspecified atom stereocenters. The number of hydrogen-bond acceptors (Lipinski definition) is 2. The highest BCUT2D eigenvalue weighted by atomic mass is 35.5. The van der Waals surface area contributed by atoms with Gasteiger partial charge in [0.05, 0.1) is 6.54 Å². The summed E-state index contributed by atoms with van der Waals surface area (Å²) < 4.78 is 1.88. The van der Waals surface area contributed by atoms with E-state index in [0.29, 0.717) is 18.1 Å². The normalized spacial score (nSPS) is 10.5. The van der Waals surface area contributed by atoms with E-state index in [1.165, 1.54) is 5.56 Å². The van der Waals surface area contributed by atoms with Crippen LogP contribution in [-0.4, -0.2) is 27.8 Å². The molecule has 6 heteroatoms. The minimum absolute atomic E-state index is 0.120. The summed E-state index contributed by atoms with van der Waals surface area (Å²) in [6, 6.07) is 17.5. The Morgan fingerprint density at radius 1 is 1.12 bits per heavy atom. The monoisotopic (exact) mass is 368 g/mol. The van der Waals surface area contributed by atoms with Crippen LogP contribution >= 0.6 is 11.6 Å². The molecule has 2 aromatic carbocycles. The summed E-state index contributed by atoms with van der Waals surface area (Å²) in [5.41, 5.74) is 3.22. The maximum Gasteiger partial charge on any atom is 0.317 e. The number of amides is 2. The van der Waals surface area contributed by atoms with Crippen LogP contribution in [0.15, 0.2) is 67.0 Å². The number of aromatic nitrogens is 2. The van der Waals surface area contributed by atoms with Gasteiger partial charge in [-0.1, -0.05) is 48.0 Å². The summed E-state index contributed by atoms with van der Waals surface area (Å²) in [5.74, 6) is 0. The summed E-state index contributed by atoms with van der Waals surface area (Å²) in [6.07, 6.45) is 3.70. The molecule has 1 aromatic heterocycles. The van der Waals surface area contributed by atoms with Crippen LogP contribution in [0.25, 0.3) is 0 Å². The van der Waals surface area contributed by atoms with Crippen LogP contribution in [0, 0.1) is 0 Å². The molecule has 0 saturated carbocycles. The first-order valence-corrected chi connectivity index (χ1v) is 8.76. The van der Waals surface area contributed by atoms with Crippen molar-refractivity contribution in [3.8, 4) is 0 Å². The van der Waals surface area contributed by atoms with E-state index in [1.807, 2.05) is 53.3 Å². The van der Waals surface area contributed by atoms with E-state index < -0.39 is 0 Å². The Labute approximate surface area is 158 Å². The minimum Gasteiger partial charge on any atom is -0.334 e. The van der Waals surface area contributed by atoms with Crippen LogP contribution in [0.2, 0.25) is 5.02 Å². The van der Waals surface area contributed by atoms with Crippen LogP contribution in [0.4, 0.5) is 4.79 Å². The standard InChI is InChI=1S/C20H21ClN4O/c1-24(14-18-4-2-5-19(21)12-18)20(26)22-13-16-6-8-17(9-7-16)15-25-11-3-10-23-25/h2-12H,13-15H2,1H3,(H,22,26). The lowest BCUT2D eigenvalue weighted by Crippen LogP contribution is -2.36. The number of halogens is 1. The van der Waals surface area contributed by atoms with Gasteiger partial charge >= 0.3 is 6.03 Å². The van der Waals surface area contributed by atoms with Gasteiger partial charge in [-0.3, -0.25) is 4.68 Å². The quantitative estimate of drug-likeness (QED) is 0.716. The molecule has 0 aliphatic rings. The molecule has 3 aromatic rings. The topological polar surface area (TPSA) is 50.2 Å². The molecule has 0 saturated heterocycles. The molecule has 0 radical (unpaired) electrons. The Hall–Kier alpha value is -2.79. The van der Waals surface area contributed by atoms with Crippen LogP contribution < -0.4 is 5.32 Å². The zero-order chi connectivity index (χ0) is 18.4. The Morgan fingerprint density at radius 2 is 1.88 bits per heavy atom. The molecule has 0 aliphatic heterocycles. The van der Waals surface area contributed by atoms with E-state index in [1.54, 1.807) is 18.1 Å². The fourth-order valence-corrected chi connectivity index (χ4v) is 2.85. The van der Waals surface area contributed by atoms with E-state index in [2.05, 4.69) is 22.5 Å². The van der Waals surface area contributed by atoms with E-state index in [9.17, 15) is 4.79 Å². The summed E-state index contributed by atoms with van der Waals surface area (Å²) >= 11 is 5.98. The second kappa shape index (κ2) is 8.54. The van der Waals surface area contributed by atoms with Crippen LogP contribution in [0.1, 0.15) is 16.7 Å².